The molecule has 51 heavy (non-hydrogen) atoms. The number of benzene rings is 3. The van der Waals surface area contributed by atoms with Gasteiger partial charge in [0.15, 0.2) is 5.78 Å². The van der Waals surface area contributed by atoms with Crippen LogP contribution in [0.15, 0.2) is 109 Å². The number of aliphatic hydroxyl groups is 2. The zero-order chi connectivity index (χ0) is 35.6. The number of Topliss-reactive ketones (excluding diaryl/α,β-unsaturated/α-hetero) is 1. The molecule has 3 aromatic rings. The molecule has 6 nitrogen and oxygen atoms in total. The first-order valence-corrected chi connectivity index (χ1v) is 19.0. The summed E-state index contributed by atoms with van der Waals surface area (Å²) in [6.45, 7) is 7.20. The molecular formula is C45H51NO5. The Morgan fingerprint density at radius 1 is 0.824 bits per heavy atom. The van der Waals surface area contributed by atoms with Gasteiger partial charge in [-0.15, -0.1) is 0 Å². The second-order valence-electron chi connectivity index (χ2n) is 16.6. The van der Waals surface area contributed by atoms with Crippen LogP contribution in [0.4, 0.5) is 4.79 Å². The van der Waals surface area contributed by atoms with Crippen LogP contribution in [0.5, 0.6) is 0 Å². The summed E-state index contributed by atoms with van der Waals surface area (Å²) in [7, 11) is 0. The van der Waals surface area contributed by atoms with Crippen molar-refractivity contribution < 1.29 is 24.5 Å². The van der Waals surface area contributed by atoms with E-state index in [4.69, 9.17) is 4.74 Å². The molecular weight excluding hydrogens is 634 g/mol. The molecule has 2 bridgehead atoms. The lowest BCUT2D eigenvalue weighted by atomic mass is 9.32. The molecule has 8 atom stereocenters. The van der Waals surface area contributed by atoms with Gasteiger partial charge in [-0.25, -0.2) is 4.79 Å². The number of ether oxygens (including phenoxy) is 1. The maximum atomic E-state index is 15.4. The Bertz CT molecular complexity index is 1890. The van der Waals surface area contributed by atoms with Gasteiger partial charge in [0, 0.05) is 33.9 Å². The average molecular weight is 686 g/mol. The molecule has 2 N–H and O–H groups in total. The van der Waals surface area contributed by atoms with E-state index in [2.05, 4.69) is 44.2 Å². The number of aliphatic hydroxyl groups excluding tert-OH is 1. The molecule has 266 valence electrons. The minimum atomic E-state index is -1.18. The molecule has 0 saturated heterocycles. The molecule has 1 amide bonds. The molecule has 9 rings (SSSR count). The smallest absolute Gasteiger partial charge is 0.410 e. The Morgan fingerprint density at radius 2 is 1.47 bits per heavy atom. The summed E-state index contributed by atoms with van der Waals surface area (Å²) in [5.41, 5.74) is 1.53. The highest BCUT2D eigenvalue weighted by molar-refractivity contribution is 6.14. The Labute approximate surface area is 302 Å². The van der Waals surface area contributed by atoms with Gasteiger partial charge in [0.25, 0.3) is 0 Å². The number of ketones is 1. The SMILES string of the molecule is CCOC(=O)N(Cc1ccccc1)C[C@]1(O)CC[C@H]2[C@]34C=C[C@@]5(C=C3C(=O)c3ccccc3-c3ccccc3)CC(O)CC[C@]5(C)[C@H]4CC[C@@]21C. The van der Waals surface area contributed by atoms with Crippen molar-refractivity contribution in [3.63, 3.8) is 0 Å². The zero-order valence-corrected chi connectivity index (χ0v) is 30.2. The van der Waals surface area contributed by atoms with Crippen LogP contribution in [0.25, 0.3) is 11.1 Å². The summed E-state index contributed by atoms with van der Waals surface area (Å²) < 4.78 is 5.55. The van der Waals surface area contributed by atoms with Crippen molar-refractivity contribution >= 4 is 11.9 Å². The first kappa shape index (κ1) is 34.1. The quantitative estimate of drug-likeness (QED) is 0.183. The fraction of sp³-hybridized carbons (Fsp3) is 0.467. The van der Waals surface area contributed by atoms with E-state index in [1.165, 1.54) is 0 Å². The van der Waals surface area contributed by atoms with Crippen molar-refractivity contribution in [2.24, 2.45) is 33.5 Å². The molecule has 0 aromatic heterocycles. The number of fused-ring (bicyclic) bond motifs is 1. The van der Waals surface area contributed by atoms with Gasteiger partial charge in [0.1, 0.15) is 0 Å². The maximum Gasteiger partial charge on any atom is 0.410 e. The van der Waals surface area contributed by atoms with Crippen molar-refractivity contribution in [2.45, 2.75) is 84.0 Å². The van der Waals surface area contributed by atoms with Crippen LogP contribution < -0.4 is 0 Å². The summed E-state index contributed by atoms with van der Waals surface area (Å²) in [6, 6.07) is 28.0. The minimum absolute atomic E-state index is 0.0215. The van der Waals surface area contributed by atoms with Crippen molar-refractivity contribution in [2.75, 3.05) is 13.2 Å². The molecule has 2 spiro atoms. The van der Waals surface area contributed by atoms with Crippen LogP contribution in [0.1, 0.15) is 81.6 Å². The number of carbonyl (C=O) groups excluding carboxylic acids is 2. The van der Waals surface area contributed by atoms with Gasteiger partial charge in [-0.2, -0.15) is 0 Å². The van der Waals surface area contributed by atoms with E-state index in [0.29, 0.717) is 24.9 Å². The molecule has 0 heterocycles. The third-order valence-corrected chi connectivity index (χ3v) is 14.4. The summed E-state index contributed by atoms with van der Waals surface area (Å²) in [4.78, 5) is 30.5. The van der Waals surface area contributed by atoms with E-state index in [1.807, 2.05) is 79.7 Å². The summed E-state index contributed by atoms with van der Waals surface area (Å²) in [6.07, 6.45) is 11.3. The van der Waals surface area contributed by atoms with E-state index < -0.39 is 34.0 Å². The van der Waals surface area contributed by atoms with E-state index in [0.717, 1.165) is 54.4 Å². The molecule has 6 heteroatoms. The van der Waals surface area contributed by atoms with E-state index >= 15 is 4.79 Å². The zero-order valence-electron chi connectivity index (χ0n) is 30.2. The Balaban J connectivity index is 1.24. The van der Waals surface area contributed by atoms with Crippen molar-refractivity contribution in [1.82, 2.24) is 4.90 Å². The van der Waals surface area contributed by atoms with Gasteiger partial charge in [0.2, 0.25) is 0 Å². The molecule has 3 aromatic carbocycles. The van der Waals surface area contributed by atoms with Gasteiger partial charge in [0.05, 0.1) is 24.9 Å². The highest BCUT2D eigenvalue weighted by Gasteiger charge is 2.74. The third-order valence-electron chi connectivity index (χ3n) is 14.4. The van der Waals surface area contributed by atoms with Gasteiger partial charge >= 0.3 is 6.09 Å². The standard InChI is InChI=1S/C45H51NO5/c1-4-51-40(49)46(29-31-13-7-5-8-14-31)30-44(50)24-21-38-42(44,3)23-20-37-41(2)22-19-33(47)27-43(41)25-26-45(37,38)36(28-43)39(48)35-18-12-11-17-34(35)32-15-9-6-10-16-32/h5-18,25-26,28,33,37-38,47,50H,4,19-24,27,29-30H2,1-3H3/t33?,37-,38-,41-,42+,43+,44-,45-/m1/s1. The molecule has 0 radical (unpaired) electrons. The van der Waals surface area contributed by atoms with Crippen molar-refractivity contribution in [1.29, 1.82) is 0 Å². The number of nitrogens with zero attached hydrogens (tertiary/aromatic N) is 1. The predicted molar refractivity (Wildman–Crippen MR) is 199 cm³/mol. The molecule has 3 saturated carbocycles. The Kier molecular flexibility index (Phi) is 8.23. The van der Waals surface area contributed by atoms with Gasteiger partial charge in [-0.3, -0.25) is 4.79 Å². The third kappa shape index (κ3) is 4.96. The van der Waals surface area contributed by atoms with Crippen molar-refractivity contribution in [3.8, 4) is 11.1 Å². The predicted octanol–water partition coefficient (Wildman–Crippen LogP) is 8.79. The van der Waals surface area contributed by atoms with E-state index in [9.17, 15) is 15.0 Å². The molecule has 0 aliphatic heterocycles. The maximum absolute atomic E-state index is 15.4. The van der Waals surface area contributed by atoms with Crippen LogP contribution >= 0.6 is 0 Å². The first-order chi connectivity index (χ1) is 24.5. The molecule has 6 aliphatic carbocycles. The number of hydrogen-bond donors (Lipinski definition) is 2. The summed E-state index contributed by atoms with van der Waals surface area (Å²) in [5.74, 6) is 0.204. The van der Waals surface area contributed by atoms with Gasteiger partial charge in [-0.05, 0) is 85.8 Å². The van der Waals surface area contributed by atoms with Crippen LogP contribution in [0.3, 0.4) is 0 Å². The highest BCUT2D eigenvalue weighted by Crippen LogP contribution is 2.78. The number of rotatable bonds is 8. The summed E-state index contributed by atoms with van der Waals surface area (Å²) in [5, 5.41) is 24.1. The van der Waals surface area contributed by atoms with E-state index in [1.54, 1.807) is 4.90 Å². The van der Waals surface area contributed by atoms with Crippen LogP contribution in [0.2, 0.25) is 0 Å². The number of hydrogen-bond acceptors (Lipinski definition) is 5. The number of allylic oxidation sites excluding steroid dienone is 4. The summed E-state index contributed by atoms with van der Waals surface area (Å²) >= 11 is 0. The Morgan fingerprint density at radius 3 is 2.22 bits per heavy atom. The molecule has 1 unspecified atom stereocenters. The van der Waals surface area contributed by atoms with Crippen LogP contribution in [-0.2, 0) is 11.3 Å². The fourth-order valence-electron chi connectivity index (χ4n) is 11.8. The lowest BCUT2D eigenvalue weighted by Crippen LogP contribution is -2.67. The Hall–Kier alpha value is -4.00. The topological polar surface area (TPSA) is 87.1 Å². The van der Waals surface area contributed by atoms with Crippen LogP contribution in [0, 0.1) is 33.5 Å². The molecule has 6 aliphatic rings. The first-order valence-electron chi connectivity index (χ1n) is 19.0. The second-order valence-corrected chi connectivity index (χ2v) is 16.6. The monoisotopic (exact) mass is 685 g/mol. The lowest BCUT2D eigenvalue weighted by Gasteiger charge is -2.71. The lowest BCUT2D eigenvalue weighted by molar-refractivity contribution is -0.175. The van der Waals surface area contributed by atoms with E-state index in [-0.39, 0.29) is 36.2 Å². The molecule has 3 fully saturated rings. The second kappa shape index (κ2) is 12.3. The fourth-order valence-corrected chi connectivity index (χ4v) is 11.8. The average Bonchev–Trinajstić information content (AvgIpc) is 3.41. The largest absolute Gasteiger partial charge is 0.450 e. The van der Waals surface area contributed by atoms with Gasteiger partial charge < -0.3 is 19.8 Å². The van der Waals surface area contributed by atoms with Crippen LogP contribution in [-0.4, -0.2) is 51.8 Å². The van der Waals surface area contributed by atoms with Gasteiger partial charge in [-0.1, -0.05) is 117 Å². The number of amides is 1. The highest BCUT2D eigenvalue weighted by atomic mass is 16.6. The number of carbonyl (C=O) groups is 2. The van der Waals surface area contributed by atoms with Crippen molar-refractivity contribution in [3.05, 3.63) is 120 Å². The normalized spacial score (nSPS) is 36.0. The minimum Gasteiger partial charge on any atom is -0.450 e.